The summed E-state index contributed by atoms with van der Waals surface area (Å²) >= 11 is 0. The summed E-state index contributed by atoms with van der Waals surface area (Å²) in [4.78, 5) is 31.8. The van der Waals surface area contributed by atoms with Crippen molar-refractivity contribution >= 4 is 18.2 Å². The average molecular weight is 186 g/mol. The van der Waals surface area contributed by atoms with Crippen LogP contribution in [-0.4, -0.2) is 24.5 Å². The SMILES string of the molecule is CC(C=O)C(=O)OC1CCC(=O)O1. The minimum atomic E-state index is -0.806. The van der Waals surface area contributed by atoms with Crippen LogP contribution >= 0.6 is 0 Å². The molecule has 1 heterocycles. The maximum atomic E-state index is 11.0. The van der Waals surface area contributed by atoms with E-state index in [1.54, 1.807) is 0 Å². The van der Waals surface area contributed by atoms with Crippen molar-refractivity contribution in [1.29, 1.82) is 0 Å². The lowest BCUT2D eigenvalue weighted by atomic mass is 10.2. The maximum Gasteiger partial charge on any atom is 0.318 e. The van der Waals surface area contributed by atoms with Gasteiger partial charge in [-0.3, -0.25) is 9.59 Å². The monoisotopic (exact) mass is 186 g/mol. The summed E-state index contributed by atoms with van der Waals surface area (Å²) in [7, 11) is 0. The molecule has 0 N–H and O–H groups in total. The van der Waals surface area contributed by atoms with Gasteiger partial charge in [0.1, 0.15) is 12.2 Å². The van der Waals surface area contributed by atoms with Gasteiger partial charge in [-0.25, -0.2) is 0 Å². The largest absolute Gasteiger partial charge is 0.425 e. The van der Waals surface area contributed by atoms with Crippen molar-refractivity contribution in [3.63, 3.8) is 0 Å². The second-order valence-electron chi connectivity index (χ2n) is 2.82. The molecule has 0 radical (unpaired) electrons. The van der Waals surface area contributed by atoms with Gasteiger partial charge in [0.25, 0.3) is 0 Å². The van der Waals surface area contributed by atoms with Gasteiger partial charge in [0.15, 0.2) is 0 Å². The Morgan fingerprint density at radius 3 is 2.92 bits per heavy atom. The molecular weight excluding hydrogens is 176 g/mol. The van der Waals surface area contributed by atoms with Gasteiger partial charge in [-0.15, -0.1) is 0 Å². The standard InChI is InChI=1S/C8H10O5/c1-5(4-9)8(11)13-7-3-2-6(10)12-7/h4-5,7H,2-3H2,1H3. The first kappa shape index (κ1) is 9.70. The van der Waals surface area contributed by atoms with Crippen LogP contribution in [0, 0.1) is 5.92 Å². The van der Waals surface area contributed by atoms with Crippen molar-refractivity contribution in [2.24, 2.45) is 5.92 Å². The minimum absolute atomic E-state index is 0.257. The molecular formula is C8H10O5. The van der Waals surface area contributed by atoms with Crippen LogP contribution in [0.3, 0.4) is 0 Å². The van der Waals surface area contributed by atoms with Crippen molar-refractivity contribution < 1.29 is 23.9 Å². The predicted molar refractivity (Wildman–Crippen MR) is 40.4 cm³/mol. The number of cyclic esters (lactones) is 1. The van der Waals surface area contributed by atoms with Gasteiger partial charge >= 0.3 is 11.9 Å². The second kappa shape index (κ2) is 4.02. The van der Waals surface area contributed by atoms with Crippen LogP contribution < -0.4 is 0 Å². The van der Waals surface area contributed by atoms with Gasteiger partial charge in [-0.2, -0.15) is 0 Å². The Morgan fingerprint density at radius 1 is 1.77 bits per heavy atom. The molecule has 0 bridgehead atoms. The highest BCUT2D eigenvalue weighted by Crippen LogP contribution is 2.15. The van der Waals surface area contributed by atoms with E-state index in [1.807, 2.05) is 0 Å². The van der Waals surface area contributed by atoms with Gasteiger partial charge in [0.2, 0.25) is 6.29 Å². The van der Waals surface area contributed by atoms with E-state index < -0.39 is 18.2 Å². The Bertz CT molecular complexity index is 235. The van der Waals surface area contributed by atoms with Crippen LogP contribution in [0.4, 0.5) is 0 Å². The molecule has 2 unspecified atom stereocenters. The third-order valence-corrected chi connectivity index (χ3v) is 1.67. The summed E-state index contributed by atoms with van der Waals surface area (Å²) in [5, 5.41) is 0. The number of aldehydes is 1. The molecule has 1 fully saturated rings. The Labute approximate surface area is 75.0 Å². The second-order valence-corrected chi connectivity index (χ2v) is 2.82. The molecule has 1 rings (SSSR count). The molecule has 1 saturated heterocycles. The number of hydrogen-bond donors (Lipinski definition) is 0. The van der Waals surface area contributed by atoms with E-state index in [0.29, 0.717) is 12.7 Å². The number of esters is 2. The van der Waals surface area contributed by atoms with Crippen molar-refractivity contribution in [2.75, 3.05) is 0 Å². The fourth-order valence-corrected chi connectivity index (χ4v) is 0.876. The van der Waals surface area contributed by atoms with Crippen LogP contribution in [0.15, 0.2) is 0 Å². The summed E-state index contributed by atoms with van der Waals surface area (Å²) in [5.74, 6) is -1.84. The van der Waals surface area contributed by atoms with Gasteiger partial charge in [0, 0.05) is 6.42 Å². The highest BCUT2D eigenvalue weighted by molar-refractivity contribution is 5.87. The van der Waals surface area contributed by atoms with E-state index >= 15 is 0 Å². The summed E-state index contributed by atoms with van der Waals surface area (Å²) in [6.07, 6.45) is 0.310. The van der Waals surface area contributed by atoms with Crippen LogP contribution in [0.5, 0.6) is 0 Å². The maximum absolute atomic E-state index is 11.0. The van der Waals surface area contributed by atoms with Gasteiger partial charge in [-0.1, -0.05) is 0 Å². The van der Waals surface area contributed by atoms with Crippen molar-refractivity contribution in [3.8, 4) is 0 Å². The Morgan fingerprint density at radius 2 is 2.46 bits per heavy atom. The van der Waals surface area contributed by atoms with Crippen molar-refractivity contribution in [2.45, 2.75) is 26.1 Å². The fourth-order valence-electron chi connectivity index (χ4n) is 0.876. The molecule has 5 nitrogen and oxygen atoms in total. The third kappa shape index (κ3) is 2.54. The number of carbonyl (C=O) groups excluding carboxylic acids is 3. The lowest BCUT2D eigenvalue weighted by molar-refractivity contribution is -0.179. The topological polar surface area (TPSA) is 69.7 Å². The number of rotatable bonds is 3. The van der Waals surface area contributed by atoms with E-state index in [1.165, 1.54) is 6.92 Å². The average Bonchev–Trinajstić information content (AvgIpc) is 2.49. The van der Waals surface area contributed by atoms with Crippen LogP contribution in [0.25, 0.3) is 0 Å². The molecule has 72 valence electrons. The molecule has 0 aliphatic carbocycles. The summed E-state index contributed by atoms with van der Waals surface area (Å²) < 4.78 is 9.35. The molecule has 1 aliphatic heterocycles. The molecule has 13 heavy (non-hydrogen) atoms. The van der Waals surface area contributed by atoms with Gasteiger partial charge < -0.3 is 14.3 Å². The van der Waals surface area contributed by atoms with Crippen molar-refractivity contribution in [1.82, 2.24) is 0 Å². The molecule has 5 heteroatoms. The highest BCUT2D eigenvalue weighted by Gasteiger charge is 2.28. The zero-order chi connectivity index (χ0) is 9.84. The first-order chi connectivity index (χ1) is 6.13. The molecule has 0 aromatic carbocycles. The molecule has 1 aliphatic rings. The van der Waals surface area contributed by atoms with Gasteiger partial charge in [0.05, 0.1) is 6.42 Å². The highest BCUT2D eigenvalue weighted by atomic mass is 16.7. The van der Waals surface area contributed by atoms with E-state index in [-0.39, 0.29) is 12.4 Å². The van der Waals surface area contributed by atoms with E-state index in [0.717, 1.165) is 0 Å². The molecule has 0 spiro atoms. The van der Waals surface area contributed by atoms with Gasteiger partial charge in [-0.05, 0) is 6.92 Å². The zero-order valence-corrected chi connectivity index (χ0v) is 7.19. The summed E-state index contributed by atoms with van der Waals surface area (Å²) in [6, 6.07) is 0. The van der Waals surface area contributed by atoms with Crippen molar-refractivity contribution in [3.05, 3.63) is 0 Å². The quantitative estimate of drug-likeness (QED) is 0.353. The smallest absolute Gasteiger partial charge is 0.318 e. The number of hydrogen-bond acceptors (Lipinski definition) is 5. The third-order valence-electron chi connectivity index (χ3n) is 1.67. The molecule has 0 aromatic rings. The zero-order valence-electron chi connectivity index (χ0n) is 7.19. The first-order valence-electron chi connectivity index (χ1n) is 3.98. The minimum Gasteiger partial charge on any atom is -0.425 e. The first-order valence-corrected chi connectivity index (χ1v) is 3.98. The predicted octanol–water partition coefficient (Wildman–Crippen LogP) is 0.0277. The molecule has 0 saturated carbocycles. The summed E-state index contributed by atoms with van der Waals surface area (Å²) in [5.41, 5.74) is 0. The lowest BCUT2D eigenvalue weighted by Gasteiger charge is -2.11. The molecule has 0 amide bonds. The Balaban J connectivity index is 2.36. The summed E-state index contributed by atoms with van der Waals surface area (Å²) in [6.45, 7) is 1.42. The Hall–Kier alpha value is -1.39. The van der Waals surface area contributed by atoms with E-state index in [9.17, 15) is 14.4 Å². The fraction of sp³-hybridized carbons (Fsp3) is 0.625. The lowest BCUT2D eigenvalue weighted by Crippen LogP contribution is -2.23. The van der Waals surface area contributed by atoms with E-state index in [2.05, 4.69) is 4.74 Å². The molecule has 2 atom stereocenters. The normalized spacial score (nSPS) is 23.5. The molecule has 0 aromatic heterocycles. The van der Waals surface area contributed by atoms with Crippen LogP contribution in [-0.2, 0) is 23.9 Å². The van der Waals surface area contributed by atoms with Crippen LogP contribution in [0.1, 0.15) is 19.8 Å². The number of ether oxygens (including phenoxy) is 2. The van der Waals surface area contributed by atoms with Crippen LogP contribution in [0.2, 0.25) is 0 Å². The Kier molecular flexibility index (Phi) is 3.00. The number of carbonyl (C=O) groups is 3. The van der Waals surface area contributed by atoms with E-state index in [4.69, 9.17) is 4.74 Å².